The second-order valence-corrected chi connectivity index (χ2v) is 3.95. The van der Waals surface area contributed by atoms with Crippen LogP contribution in [-0.4, -0.2) is 14.8 Å². The van der Waals surface area contributed by atoms with E-state index in [-0.39, 0.29) is 5.56 Å². The Balaban J connectivity index is 2.18. The molecule has 3 aromatic heterocycles. The standard InChI is InChI=1S/C12H11N3O2/c1-8-5-11-10(6-13-14-11)12(16)15(8)7-9-3-2-4-17-9/h2-6H,7H2,1H3,(H,13,14). The van der Waals surface area contributed by atoms with Gasteiger partial charge in [-0.25, -0.2) is 0 Å². The molecule has 0 aliphatic carbocycles. The molecule has 1 N–H and O–H groups in total. The van der Waals surface area contributed by atoms with Gasteiger partial charge in [-0.3, -0.25) is 9.89 Å². The number of nitrogens with zero attached hydrogens (tertiary/aromatic N) is 2. The van der Waals surface area contributed by atoms with E-state index in [0.717, 1.165) is 17.0 Å². The van der Waals surface area contributed by atoms with Crippen molar-refractivity contribution in [2.75, 3.05) is 0 Å². The second-order valence-electron chi connectivity index (χ2n) is 3.95. The molecule has 5 nitrogen and oxygen atoms in total. The van der Waals surface area contributed by atoms with Crippen LogP contribution in [0, 0.1) is 6.92 Å². The minimum Gasteiger partial charge on any atom is -0.467 e. The molecular formula is C12H11N3O2. The zero-order valence-electron chi connectivity index (χ0n) is 9.30. The quantitative estimate of drug-likeness (QED) is 0.727. The maximum Gasteiger partial charge on any atom is 0.262 e. The van der Waals surface area contributed by atoms with E-state index >= 15 is 0 Å². The lowest BCUT2D eigenvalue weighted by Crippen LogP contribution is -2.22. The van der Waals surface area contributed by atoms with Gasteiger partial charge in [-0.15, -0.1) is 0 Å². The zero-order chi connectivity index (χ0) is 11.8. The van der Waals surface area contributed by atoms with E-state index in [9.17, 15) is 4.79 Å². The Hall–Kier alpha value is -2.30. The highest BCUT2D eigenvalue weighted by Gasteiger charge is 2.09. The van der Waals surface area contributed by atoms with Crippen molar-refractivity contribution in [2.45, 2.75) is 13.5 Å². The highest BCUT2D eigenvalue weighted by atomic mass is 16.3. The molecule has 0 bridgehead atoms. The van der Waals surface area contributed by atoms with Gasteiger partial charge in [-0.2, -0.15) is 5.10 Å². The van der Waals surface area contributed by atoms with Crippen LogP contribution < -0.4 is 5.56 Å². The van der Waals surface area contributed by atoms with Crippen LogP contribution in [0.2, 0.25) is 0 Å². The molecule has 0 saturated heterocycles. The highest BCUT2D eigenvalue weighted by Crippen LogP contribution is 2.10. The van der Waals surface area contributed by atoms with Gasteiger partial charge < -0.3 is 8.98 Å². The summed E-state index contributed by atoms with van der Waals surface area (Å²) in [5.74, 6) is 0.762. The lowest BCUT2D eigenvalue weighted by Gasteiger charge is -2.07. The number of aromatic amines is 1. The van der Waals surface area contributed by atoms with Crippen LogP contribution in [-0.2, 0) is 6.54 Å². The third-order valence-electron chi connectivity index (χ3n) is 2.82. The number of fused-ring (bicyclic) bond motifs is 1. The third-order valence-corrected chi connectivity index (χ3v) is 2.82. The molecule has 0 unspecified atom stereocenters. The van der Waals surface area contributed by atoms with Crippen LogP contribution in [0.1, 0.15) is 11.5 Å². The number of hydrogen-bond donors (Lipinski definition) is 1. The average molecular weight is 229 g/mol. The van der Waals surface area contributed by atoms with Gasteiger partial charge in [-0.05, 0) is 25.1 Å². The minimum atomic E-state index is -0.0508. The summed E-state index contributed by atoms with van der Waals surface area (Å²) in [6.07, 6.45) is 3.15. The van der Waals surface area contributed by atoms with Gasteiger partial charge in [0.15, 0.2) is 0 Å². The van der Waals surface area contributed by atoms with Crippen LogP contribution in [0.4, 0.5) is 0 Å². The molecule has 0 amide bonds. The Bertz CT molecular complexity index is 707. The highest BCUT2D eigenvalue weighted by molar-refractivity contribution is 5.77. The number of pyridine rings is 1. The van der Waals surface area contributed by atoms with Crippen molar-refractivity contribution in [1.29, 1.82) is 0 Å². The first-order chi connectivity index (χ1) is 8.25. The van der Waals surface area contributed by atoms with Gasteiger partial charge in [0, 0.05) is 5.69 Å². The van der Waals surface area contributed by atoms with Gasteiger partial charge in [0.05, 0.1) is 29.9 Å². The molecule has 5 heteroatoms. The molecule has 0 aliphatic heterocycles. The molecule has 0 aliphatic rings. The maximum absolute atomic E-state index is 12.2. The minimum absolute atomic E-state index is 0.0508. The van der Waals surface area contributed by atoms with E-state index in [1.807, 2.05) is 25.1 Å². The van der Waals surface area contributed by atoms with Gasteiger partial charge in [0.2, 0.25) is 0 Å². The predicted molar refractivity (Wildman–Crippen MR) is 62.9 cm³/mol. The lowest BCUT2D eigenvalue weighted by molar-refractivity contribution is 0.488. The van der Waals surface area contributed by atoms with Crippen molar-refractivity contribution in [3.8, 4) is 0 Å². The van der Waals surface area contributed by atoms with E-state index in [1.165, 1.54) is 0 Å². The van der Waals surface area contributed by atoms with E-state index < -0.39 is 0 Å². The first-order valence-corrected chi connectivity index (χ1v) is 5.31. The van der Waals surface area contributed by atoms with E-state index in [1.54, 1.807) is 17.0 Å². The number of nitrogens with one attached hydrogen (secondary N) is 1. The Kier molecular flexibility index (Phi) is 2.11. The van der Waals surface area contributed by atoms with Gasteiger partial charge in [0.25, 0.3) is 5.56 Å². The van der Waals surface area contributed by atoms with E-state index in [4.69, 9.17) is 4.42 Å². The summed E-state index contributed by atoms with van der Waals surface area (Å²) in [6, 6.07) is 5.57. The number of aryl methyl sites for hydroxylation is 1. The fraction of sp³-hybridized carbons (Fsp3) is 0.167. The Morgan fingerprint density at radius 3 is 3.18 bits per heavy atom. The van der Waals surface area contributed by atoms with Crippen LogP contribution in [0.25, 0.3) is 10.9 Å². The van der Waals surface area contributed by atoms with Crippen molar-refractivity contribution in [2.24, 2.45) is 0 Å². The molecule has 3 aromatic rings. The fourth-order valence-electron chi connectivity index (χ4n) is 1.92. The number of rotatable bonds is 2. The van der Waals surface area contributed by atoms with E-state index in [2.05, 4.69) is 10.2 Å². The average Bonchev–Trinajstić information content (AvgIpc) is 2.94. The molecule has 0 radical (unpaired) electrons. The SMILES string of the molecule is Cc1cc2[nH]ncc2c(=O)n1Cc1ccco1. The first-order valence-electron chi connectivity index (χ1n) is 5.31. The molecule has 86 valence electrons. The molecule has 0 spiro atoms. The topological polar surface area (TPSA) is 63.8 Å². The largest absolute Gasteiger partial charge is 0.467 e. The van der Waals surface area contributed by atoms with Crippen molar-refractivity contribution in [3.05, 3.63) is 52.5 Å². The molecule has 0 fully saturated rings. The second kappa shape index (κ2) is 3.62. The molecule has 0 saturated carbocycles. The molecule has 3 heterocycles. The normalized spacial score (nSPS) is 11.1. The van der Waals surface area contributed by atoms with E-state index in [0.29, 0.717) is 11.9 Å². The van der Waals surface area contributed by atoms with Crippen molar-refractivity contribution in [3.63, 3.8) is 0 Å². The Labute approximate surface area is 96.7 Å². The Morgan fingerprint density at radius 2 is 2.41 bits per heavy atom. The lowest BCUT2D eigenvalue weighted by atomic mass is 10.2. The van der Waals surface area contributed by atoms with Gasteiger partial charge in [0.1, 0.15) is 5.76 Å². The van der Waals surface area contributed by atoms with Crippen LogP contribution in [0.3, 0.4) is 0 Å². The van der Waals surface area contributed by atoms with Crippen molar-refractivity contribution >= 4 is 10.9 Å². The fourth-order valence-corrected chi connectivity index (χ4v) is 1.92. The summed E-state index contributed by atoms with van der Waals surface area (Å²) < 4.78 is 6.94. The van der Waals surface area contributed by atoms with Crippen LogP contribution >= 0.6 is 0 Å². The molecular weight excluding hydrogens is 218 g/mol. The number of H-pyrrole nitrogens is 1. The zero-order valence-corrected chi connectivity index (χ0v) is 9.30. The summed E-state index contributed by atoms with van der Waals surface area (Å²) in [6.45, 7) is 2.34. The van der Waals surface area contributed by atoms with Gasteiger partial charge in [-0.1, -0.05) is 0 Å². The first kappa shape index (κ1) is 9.89. The molecule has 0 atom stereocenters. The summed E-state index contributed by atoms with van der Waals surface area (Å²) >= 11 is 0. The summed E-state index contributed by atoms with van der Waals surface area (Å²) in [5.41, 5.74) is 1.59. The monoisotopic (exact) mass is 229 g/mol. The number of furan rings is 1. The van der Waals surface area contributed by atoms with Gasteiger partial charge >= 0.3 is 0 Å². The van der Waals surface area contributed by atoms with Crippen LogP contribution in [0.5, 0.6) is 0 Å². The van der Waals surface area contributed by atoms with Crippen molar-refractivity contribution in [1.82, 2.24) is 14.8 Å². The summed E-state index contributed by atoms with van der Waals surface area (Å²) in [5, 5.41) is 7.28. The molecule has 0 aromatic carbocycles. The van der Waals surface area contributed by atoms with Crippen LogP contribution in [0.15, 0.2) is 39.9 Å². The number of hydrogen-bond acceptors (Lipinski definition) is 3. The summed E-state index contributed by atoms with van der Waals surface area (Å²) in [7, 11) is 0. The predicted octanol–water partition coefficient (Wildman–Crippen LogP) is 1.67. The Morgan fingerprint density at radius 1 is 1.53 bits per heavy atom. The summed E-state index contributed by atoms with van der Waals surface area (Å²) in [4.78, 5) is 12.2. The van der Waals surface area contributed by atoms with Crippen molar-refractivity contribution < 1.29 is 4.42 Å². The number of aromatic nitrogens is 3. The smallest absolute Gasteiger partial charge is 0.262 e. The molecule has 17 heavy (non-hydrogen) atoms. The maximum atomic E-state index is 12.2. The molecule has 3 rings (SSSR count). The third kappa shape index (κ3) is 1.56.